The van der Waals surface area contributed by atoms with E-state index < -0.39 is 18.2 Å². The first kappa shape index (κ1) is 29.4. The number of nitrogens with zero attached hydrogens (tertiary/aromatic N) is 3. The Kier molecular flexibility index (Phi) is 7.80. The number of aliphatic hydroxyl groups excluding tert-OH is 2. The van der Waals surface area contributed by atoms with Crippen LogP contribution in [0, 0.1) is 29.1 Å². The predicted octanol–water partition coefficient (Wildman–Crippen LogP) is 5.94. The van der Waals surface area contributed by atoms with Crippen LogP contribution in [0.25, 0.3) is 5.69 Å². The Morgan fingerprint density at radius 3 is 2.40 bits per heavy atom. The lowest BCUT2D eigenvalue weighted by Crippen LogP contribution is -2.46. The van der Waals surface area contributed by atoms with E-state index in [-0.39, 0.29) is 22.8 Å². The number of benzene rings is 1. The lowest BCUT2D eigenvalue weighted by molar-refractivity contribution is 0.0677. The first-order chi connectivity index (χ1) is 20.0. The molecule has 2 heterocycles. The van der Waals surface area contributed by atoms with Crippen LogP contribution in [0.1, 0.15) is 104 Å². The van der Waals surface area contributed by atoms with Crippen molar-refractivity contribution in [3.8, 4) is 5.69 Å². The van der Waals surface area contributed by atoms with Crippen LogP contribution in [0.3, 0.4) is 0 Å². The molecule has 2 fully saturated rings. The summed E-state index contributed by atoms with van der Waals surface area (Å²) in [4.78, 5) is 28.3. The summed E-state index contributed by atoms with van der Waals surface area (Å²) < 4.78 is 4.68. The molecular formula is C35H49N3O4. The van der Waals surface area contributed by atoms with Crippen molar-refractivity contribution in [3.63, 3.8) is 0 Å². The van der Waals surface area contributed by atoms with Gasteiger partial charge < -0.3 is 10.2 Å². The zero-order valence-electron chi connectivity index (χ0n) is 26.0. The van der Waals surface area contributed by atoms with Gasteiger partial charge in [-0.3, -0.25) is 0 Å². The Bertz CT molecular complexity index is 1490. The SMILES string of the molecule is CC1=C([C@@H]2C=C3[C@H]4CC[C@@H]([C@@H](C)CCCC(C)C)[C@]4(C)CC[C@@H]3n3c(=O)n(-c4ccccc4)c(=O)n32)C[C@H](O)C[C@H]1O. The van der Waals surface area contributed by atoms with Gasteiger partial charge in [-0.1, -0.05) is 71.2 Å². The lowest BCUT2D eigenvalue weighted by Gasteiger charge is -2.49. The third-order valence-corrected chi connectivity index (χ3v) is 11.5. The minimum atomic E-state index is -0.758. The van der Waals surface area contributed by atoms with Crippen molar-refractivity contribution in [1.82, 2.24) is 13.9 Å². The second-order valence-corrected chi connectivity index (χ2v) is 14.5. The molecule has 0 amide bonds. The third kappa shape index (κ3) is 4.71. The smallest absolute Gasteiger partial charge is 0.352 e. The summed E-state index contributed by atoms with van der Waals surface area (Å²) >= 11 is 0. The van der Waals surface area contributed by atoms with Gasteiger partial charge in [0.15, 0.2) is 0 Å². The average molecular weight is 576 g/mol. The van der Waals surface area contributed by atoms with Crippen LogP contribution >= 0.6 is 0 Å². The van der Waals surface area contributed by atoms with Gasteiger partial charge in [0.25, 0.3) is 0 Å². The van der Waals surface area contributed by atoms with Crippen molar-refractivity contribution >= 4 is 0 Å². The highest BCUT2D eigenvalue weighted by atomic mass is 16.3. The molecule has 0 spiro atoms. The van der Waals surface area contributed by atoms with E-state index in [0.29, 0.717) is 36.3 Å². The van der Waals surface area contributed by atoms with Crippen molar-refractivity contribution in [1.29, 1.82) is 0 Å². The molecule has 1 aromatic carbocycles. The van der Waals surface area contributed by atoms with Gasteiger partial charge >= 0.3 is 11.4 Å². The molecule has 1 aromatic heterocycles. The molecule has 6 rings (SSSR count). The van der Waals surface area contributed by atoms with Crippen molar-refractivity contribution in [2.45, 2.75) is 117 Å². The Hall–Kier alpha value is -2.64. The van der Waals surface area contributed by atoms with Gasteiger partial charge in [-0.2, -0.15) is 0 Å². The van der Waals surface area contributed by atoms with Gasteiger partial charge in [0.2, 0.25) is 0 Å². The molecule has 228 valence electrons. The Morgan fingerprint density at radius 1 is 0.976 bits per heavy atom. The van der Waals surface area contributed by atoms with E-state index in [0.717, 1.165) is 36.3 Å². The molecule has 7 nitrogen and oxygen atoms in total. The number of rotatable bonds is 7. The van der Waals surface area contributed by atoms with Crippen LogP contribution < -0.4 is 11.4 Å². The predicted molar refractivity (Wildman–Crippen MR) is 166 cm³/mol. The van der Waals surface area contributed by atoms with E-state index in [1.165, 1.54) is 35.8 Å². The second-order valence-electron chi connectivity index (χ2n) is 14.5. The van der Waals surface area contributed by atoms with Gasteiger partial charge in [0, 0.05) is 6.42 Å². The first-order valence-electron chi connectivity index (χ1n) is 16.3. The Balaban J connectivity index is 1.46. The largest absolute Gasteiger partial charge is 0.393 e. The molecule has 2 N–H and O–H groups in total. The number of fused-ring (bicyclic) bond motifs is 5. The number of aromatic nitrogens is 3. The molecule has 0 unspecified atom stereocenters. The summed E-state index contributed by atoms with van der Waals surface area (Å²) in [6.45, 7) is 11.5. The number of aliphatic hydroxyl groups is 2. The highest BCUT2D eigenvalue weighted by molar-refractivity contribution is 5.37. The quantitative estimate of drug-likeness (QED) is 0.400. The number of allylic oxidation sites excluding steroid dienone is 2. The summed E-state index contributed by atoms with van der Waals surface area (Å²) in [6.07, 6.45) is 9.50. The minimum absolute atomic E-state index is 0.154. The minimum Gasteiger partial charge on any atom is -0.393 e. The van der Waals surface area contributed by atoms with Crippen LogP contribution in [0.15, 0.2) is 62.7 Å². The van der Waals surface area contributed by atoms with E-state index in [1.807, 2.05) is 25.1 Å². The fourth-order valence-electron chi connectivity index (χ4n) is 9.30. The normalized spacial score (nSPS) is 33.3. The Labute approximate surface area is 249 Å². The molecule has 0 bridgehead atoms. The van der Waals surface area contributed by atoms with Gasteiger partial charge in [0.1, 0.15) is 0 Å². The van der Waals surface area contributed by atoms with Crippen molar-refractivity contribution in [2.75, 3.05) is 0 Å². The molecule has 8 atom stereocenters. The fraction of sp³-hybridized carbons (Fsp3) is 0.657. The first-order valence-corrected chi connectivity index (χ1v) is 16.3. The number of hydrogen-bond acceptors (Lipinski definition) is 4. The van der Waals surface area contributed by atoms with Crippen LogP contribution in [0.4, 0.5) is 0 Å². The molecule has 2 saturated carbocycles. The van der Waals surface area contributed by atoms with Crippen molar-refractivity contribution in [2.24, 2.45) is 29.1 Å². The molecule has 7 heteroatoms. The Morgan fingerprint density at radius 2 is 1.69 bits per heavy atom. The van der Waals surface area contributed by atoms with E-state index in [2.05, 4.69) is 33.8 Å². The number of hydrogen-bond donors (Lipinski definition) is 2. The maximum absolute atomic E-state index is 14.2. The topological polar surface area (TPSA) is 89.4 Å². The fourth-order valence-corrected chi connectivity index (χ4v) is 9.30. The van der Waals surface area contributed by atoms with Crippen LogP contribution in [-0.4, -0.2) is 36.4 Å². The standard InChI is InChI=1S/C35H49N3O4/c1-21(2)10-9-11-22(3)28-14-15-29-27-20-31(26-18-25(39)19-32(40)23(26)4)38-34(42)36(24-12-7-6-8-13-24)33(41)37(38)30(27)16-17-35(28,29)5/h6-8,12-13,20-22,25,28-32,39-40H,9-11,14-19H2,1-5H3/t22-,25-,28-,29+,30-,31-,32+,35-/m0/s1. The summed E-state index contributed by atoms with van der Waals surface area (Å²) in [5.74, 6) is 2.39. The molecule has 4 aliphatic rings. The third-order valence-electron chi connectivity index (χ3n) is 11.5. The molecule has 3 aliphatic carbocycles. The molecule has 2 aromatic rings. The molecule has 42 heavy (non-hydrogen) atoms. The van der Waals surface area contributed by atoms with E-state index >= 15 is 0 Å². The average Bonchev–Trinajstić information content (AvgIpc) is 3.44. The van der Waals surface area contributed by atoms with Crippen molar-refractivity contribution < 1.29 is 10.2 Å². The summed E-state index contributed by atoms with van der Waals surface area (Å²) in [7, 11) is 0. The van der Waals surface area contributed by atoms with Gasteiger partial charge in [-0.25, -0.2) is 23.5 Å². The van der Waals surface area contributed by atoms with E-state index in [4.69, 9.17) is 0 Å². The molecule has 0 radical (unpaired) electrons. The van der Waals surface area contributed by atoms with Crippen LogP contribution in [0.2, 0.25) is 0 Å². The highest BCUT2D eigenvalue weighted by Gasteiger charge is 2.55. The summed E-state index contributed by atoms with van der Waals surface area (Å²) in [5, 5.41) is 21.5. The highest BCUT2D eigenvalue weighted by Crippen LogP contribution is 2.62. The summed E-state index contributed by atoms with van der Waals surface area (Å²) in [5.41, 5.74) is 3.01. The zero-order chi connectivity index (χ0) is 29.9. The maximum atomic E-state index is 14.2. The summed E-state index contributed by atoms with van der Waals surface area (Å²) in [6, 6.07) is 8.52. The van der Waals surface area contributed by atoms with Crippen LogP contribution in [0.5, 0.6) is 0 Å². The molecular weight excluding hydrogens is 526 g/mol. The van der Waals surface area contributed by atoms with Gasteiger partial charge in [-0.05, 0) is 97.0 Å². The molecule has 1 aliphatic heterocycles. The monoisotopic (exact) mass is 575 g/mol. The molecule has 0 saturated heterocycles. The zero-order valence-corrected chi connectivity index (χ0v) is 26.0. The van der Waals surface area contributed by atoms with E-state index in [1.54, 1.807) is 21.5 Å². The van der Waals surface area contributed by atoms with Gasteiger partial charge in [0.05, 0.1) is 30.0 Å². The van der Waals surface area contributed by atoms with Gasteiger partial charge in [-0.15, -0.1) is 0 Å². The second kappa shape index (κ2) is 11.1. The van der Waals surface area contributed by atoms with Crippen LogP contribution in [-0.2, 0) is 0 Å². The van der Waals surface area contributed by atoms with E-state index in [9.17, 15) is 19.8 Å². The number of para-hydroxylation sites is 1. The lowest BCUT2D eigenvalue weighted by atomic mass is 9.59. The van der Waals surface area contributed by atoms with Crippen molar-refractivity contribution in [3.05, 3.63) is 74.1 Å². The maximum Gasteiger partial charge on any atom is 0.352 e.